The van der Waals surface area contributed by atoms with Crippen LogP contribution in [0.3, 0.4) is 0 Å². The Hall–Kier alpha value is -3.10. The second-order valence-corrected chi connectivity index (χ2v) is 9.26. The van der Waals surface area contributed by atoms with Crippen molar-refractivity contribution < 1.29 is 22.4 Å². The third-order valence-electron chi connectivity index (χ3n) is 5.41. The lowest BCUT2D eigenvalue weighted by Crippen LogP contribution is -2.38. The van der Waals surface area contributed by atoms with Gasteiger partial charge in [-0.05, 0) is 62.0 Å². The minimum Gasteiger partial charge on any atom is -0.494 e. The number of amides is 1. The van der Waals surface area contributed by atoms with Gasteiger partial charge in [0, 0.05) is 6.54 Å². The van der Waals surface area contributed by atoms with E-state index in [1.807, 2.05) is 31.2 Å². The van der Waals surface area contributed by atoms with Gasteiger partial charge in [-0.3, -0.25) is 9.69 Å². The van der Waals surface area contributed by atoms with Crippen LogP contribution in [0, 0.1) is 0 Å². The van der Waals surface area contributed by atoms with Crippen molar-refractivity contribution in [3.8, 4) is 5.75 Å². The zero-order chi connectivity index (χ0) is 23.8. The van der Waals surface area contributed by atoms with E-state index in [-0.39, 0.29) is 21.8 Å². The maximum absolute atomic E-state index is 12.8. The molecule has 176 valence electrons. The van der Waals surface area contributed by atoms with Crippen LogP contribution in [0.4, 0.5) is 0 Å². The van der Waals surface area contributed by atoms with Crippen LogP contribution in [-0.4, -0.2) is 45.5 Å². The predicted molar refractivity (Wildman–Crippen MR) is 126 cm³/mol. The monoisotopic (exact) mass is 470 g/mol. The zero-order valence-corrected chi connectivity index (χ0v) is 20.0. The number of carbonyl (C=O) groups excluding carboxylic acids is 1. The normalized spacial score (nSPS) is 12.5. The number of furan rings is 1. The third kappa shape index (κ3) is 5.83. The molecule has 8 heteroatoms. The number of nitrogens with one attached hydrogen (secondary N) is 1. The highest BCUT2D eigenvalue weighted by molar-refractivity contribution is 7.91. The summed E-state index contributed by atoms with van der Waals surface area (Å²) in [5.41, 5.74) is 1.05. The number of hydrogen-bond acceptors (Lipinski definition) is 6. The van der Waals surface area contributed by atoms with Crippen molar-refractivity contribution in [1.82, 2.24) is 10.2 Å². The maximum Gasteiger partial charge on any atom is 0.287 e. The first-order chi connectivity index (χ1) is 15.9. The highest BCUT2D eigenvalue weighted by Crippen LogP contribution is 2.24. The molecule has 0 saturated heterocycles. The molecule has 0 aliphatic carbocycles. The second-order valence-electron chi connectivity index (χ2n) is 7.38. The summed E-state index contributed by atoms with van der Waals surface area (Å²) in [5, 5.41) is 2.63. The number of nitrogens with zero attached hydrogens (tertiary/aromatic N) is 1. The highest BCUT2D eigenvalue weighted by Gasteiger charge is 2.24. The Balaban J connectivity index is 1.74. The smallest absolute Gasteiger partial charge is 0.287 e. The fraction of sp³-hybridized carbons (Fsp3) is 0.320. The Morgan fingerprint density at radius 1 is 0.970 bits per heavy atom. The molecule has 1 atom stereocenters. The zero-order valence-electron chi connectivity index (χ0n) is 19.2. The summed E-state index contributed by atoms with van der Waals surface area (Å²) in [5.74, 6) is 0.286. The molecule has 0 spiro atoms. The summed E-state index contributed by atoms with van der Waals surface area (Å²) in [4.78, 5) is 15.1. The van der Waals surface area contributed by atoms with Gasteiger partial charge in [0.25, 0.3) is 5.91 Å². The molecule has 0 saturated carbocycles. The van der Waals surface area contributed by atoms with Gasteiger partial charge < -0.3 is 14.5 Å². The van der Waals surface area contributed by atoms with Gasteiger partial charge in [0.1, 0.15) is 5.75 Å². The fourth-order valence-electron chi connectivity index (χ4n) is 3.65. The predicted octanol–water partition coefficient (Wildman–Crippen LogP) is 4.32. The number of carbonyl (C=O) groups is 1. The van der Waals surface area contributed by atoms with Crippen LogP contribution in [0.5, 0.6) is 5.75 Å². The van der Waals surface area contributed by atoms with Gasteiger partial charge in [-0.15, -0.1) is 0 Å². The third-order valence-corrected chi connectivity index (χ3v) is 7.05. The van der Waals surface area contributed by atoms with Crippen LogP contribution in [0.1, 0.15) is 42.9 Å². The molecule has 1 aromatic heterocycles. The molecular weight excluding hydrogens is 440 g/mol. The molecule has 0 fully saturated rings. The van der Waals surface area contributed by atoms with Gasteiger partial charge in [-0.1, -0.05) is 44.2 Å². The van der Waals surface area contributed by atoms with E-state index >= 15 is 0 Å². The van der Waals surface area contributed by atoms with Crippen LogP contribution in [0.15, 0.2) is 81.1 Å². The van der Waals surface area contributed by atoms with E-state index in [9.17, 15) is 13.2 Å². The lowest BCUT2D eigenvalue weighted by molar-refractivity contribution is 0.0902. The first-order valence-electron chi connectivity index (χ1n) is 11.1. The number of rotatable bonds is 11. The molecule has 0 radical (unpaired) electrons. The summed E-state index contributed by atoms with van der Waals surface area (Å²) >= 11 is 0. The Morgan fingerprint density at radius 2 is 1.64 bits per heavy atom. The summed E-state index contributed by atoms with van der Waals surface area (Å²) in [6.07, 6.45) is 0. The standard InChI is InChI=1S/C25H30N2O5S/c1-4-27(5-2)22(19-12-14-20(15-13-19)31-6-3)18-26-25(28)23-16-17-24(32-23)33(29,30)21-10-8-7-9-11-21/h7-17,22H,4-6,18H2,1-3H3,(H,26,28). The maximum atomic E-state index is 12.8. The van der Waals surface area contributed by atoms with Crippen molar-refractivity contribution in [2.45, 2.75) is 36.8 Å². The molecule has 0 aliphatic heterocycles. The summed E-state index contributed by atoms with van der Waals surface area (Å²) < 4.78 is 36.4. The number of ether oxygens (including phenoxy) is 1. The molecule has 0 bridgehead atoms. The van der Waals surface area contributed by atoms with Gasteiger partial charge in [-0.25, -0.2) is 8.42 Å². The quantitative estimate of drug-likeness (QED) is 0.449. The molecule has 7 nitrogen and oxygen atoms in total. The molecule has 2 aromatic carbocycles. The van der Waals surface area contributed by atoms with Crippen LogP contribution in [-0.2, 0) is 9.84 Å². The first-order valence-corrected chi connectivity index (χ1v) is 12.5. The topological polar surface area (TPSA) is 88.8 Å². The minimum absolute atomic E-state index is 0.0468. The lowest BCUT2D eigenvalue weighted by atomic mass is 10.0. The molecule has 1 heterocycles. The number of hydrogen-bond donors (Lipinski definition) is 1. The average Bonchev–Trinajstić information content (AvgIpc) is 3.34. The average molecular weight is 471 g/mol. The molecule has 1 amide bonds. The van der Waals surface area contributed by atoms with Crippen LogP contribution >= 0.6 is 0 Å². The molecule has 1 N–H and O–H groups in total. The highest BCUT2D eigenvalue weighted by atomic mass is 32.2. The molecule has 0 aliphatic rings. The van der Waals surface area contributed by atoms with E-state index in [0.29, 0.717) is 13.2 Å². The van der Waals surface area contributed by atoms with Crippen molar-refractivity contribution in [2.75, 3.05) is 26.2 Å². The fourth-order valence-corrected chi connectivity index (χ4v) is 4.85. The molecule has 3 aromatic rings. The van der Waals surface area contributed by atoms with E-state index in [0.717, 1.165) is 24.4 Å². The molecule has 33 heavy (non-hydrogen) atoms. The number of sulfone groups is 1. The first kappa shape index (κ1) is 24.5. The summed E-state index contributed by atoms with van der Waals surface area (Å²) in [6, 6.07) is 18.5. The van der Waals surface area contributed by atoms with E-state index in [1.165, 1.54) is 24.3 Å². The van der Waals surface area contributed by atoms with Crippen LogP contribution in [0.25, 0.3) is 0 Å². The molecular formula is C25H30N2O5S. The Kier molecular flexibility index (Phi) is 8.30. The van der Waals surface area contributed by atoms with Crippen molar-refractivity contribution in [3.63, 3.8) is 0 Å². The summed E-state index contributed by atoms with van der Waals surface area (Å²) in [7, 11) is -3.82. The lowest BCUT2D eigenvalue weighted by Gasteiger charge is -2.30. The molecule has 3 rings (SSSR count). The van der Waals surface area contributed by atoms with Gasteiger partial charge in [0.2, 0.25) is 14.9 Å². The van der Waals surface area contributed by atoms with Gasteiger partial charge in [0.15, 0.2) is 5.76 Å². The van der Waals surface area contributed by atoms with Crippen molar-refractivity contribution >= 4 is 15.7 Å². The Morgan fingerprint density at radius 3 is 2.24 bits per heavy atom. The van der Waals surface area contributed by atoms with E-state index in [4.69, 9.17) is 9.15 Å². The van der Waals surface area contributed by atoms with Gasteiger partial charge in [-0.2, -0.15) is 0 Å². The summed E-state index contributed by atoms with van der Waals surface area (Å²) in [6.45, 7) is 8.64. The van der Waals surface area contributed by atoms with E-state index in [1.54, 1.807) is 18.2 Å². The number of benzene rings is 2. The van der Waals surface area contributed by atoms with Crippen LogP contribution in [0.2, 0.25) is 0 Å². The van der Waals surface area contributed by atoms with Crippen molar-refractivity contribution in [2.24, 2.45) is 0 Å². The number of likely N-dealkylation sites (N-methyl/N-ethyl adjacent to an activating group) is 1. The van der Waals surface area contributed by atoms with Gasteiger partial charge in [0.05, 0.1) is 17.5 Å². The van der Waals surface area contributed by atoms with Gasteiger partial charge >= 0.3 is 0 Å². The van der Waals surface area contributed by atoms with E-state index in [2.05, 4.69) is 24.1 Å². The van der Waals surface area contributed by atoms with Crippen LogP contribution < -0.4 is 10.1 Å². The van der Waals surface area contributed by atoms with E-state index < -0.39 is 15.7 Å². The van der Waals surface area contributed by atoms with Crippen molar-refractivity contribution in [3.05, 3.63) is 78.1 Å². The van der Waals surface area contributed by atoms with Crippen molar-refractivity contribution in [1.29, 1.82) is 0 Å². The Bertz CT molecular complexity index is 1140. The second kappa shape index (κ2) is 11.2. The SMILES string of the molecule is CCOc1ccc(C(CNC(=O)c2ccc(S(=O)(=O)c3ccccc3)o2)N(CC)CC)cc1. The minimum atomic E-state index is -3.82. The Labute approximate surface area is 195 Å². The molecule has 1 unspecified atom stereocenters. The largest absolute Gasteiger partial charge is 0.494 e.